The molecule has 0 aliphatic carbocycles. The van der Waals surface area contributed by atoms with Gasteiger partial charge in [-0.2, -0.15) is 5.10 Å². The molecule has 0 saturated heterocycles. The number of aryl methyl sites for hydroxylation is 2. The molecule has 0 aliphatic heterocycles. The van der Waals surface area contributed by atoms with Gasteiger partial charge in [-0.1, -0.05) is 30.1 Å². The van der Waals surface area contributed by atoms with E-state index in [1.54, 1.807) is 29.9 Å². The van der Waals surface area contributed by atoms with Crippen LogP contribution in [0.15, 0.2) is 23.1 Å². The molecule has 0 bridgehead atoms. The Kier molecular flexibility index (Phi) is 4.73. The lowest BCUT2D eigenvalue weighted by atomic mass is 10.3. The molecule has 4 nitrogen and oxygen atoms in total. The van der Waals surface area contributed by atoms with Crippen molar-refractivity contribution in [2.45, 2.75) is 24.0 Å². The van der Waals surface area contributed by atoms with E-state index in [4.69, 9.17) is 28.9 Å². The van der Waals surface area contributed by atoms with Gasteiger partial charge in [-0.05, 0) is 24.6 Å². The van der Waals surface area contributed by atoms with Gasteiger partial charge < -0.3 is 5.73 Å². The van der Waals surface area contributed by atoms with Gasteiger partial charge >= 0.3 is 0 Å². The van der Waals surface area contributed by atoms with Gasteiger partial charge in [-0.3, -0.25) is 8.89 Å². The van der Waals surface area contributed by atoms with Crippen molar-refractivity contribution in [1.29, 1.82) is 0 Å². The fourth-order valence-electron chi connectivity index (χ4n) is 1.91. The van der Waals surface area contributed by atoms with Crippen LogP contribution in [0.4, 0.5) is 5.69 Å². The monoisotopic (exact) mass is 331 g/mol. The summed E-state index contributed by atoms with van der Waals surface area (Å²) in [7, 11) is 0.502. The first kappa shape index (κ1) is 15.4. The zero-order valence-electron chi connectivity index (χ0n) is 11.2. The highest BCUT2D eigenvalue weighted by atomic mass is 35.5. The summed E-state index contributed by atoms with van der Waals surface area (Å²) >= 11 is 12.1. The standard InChI is InChI=1S/C13H15Cl2N3OS/c1-3-10-13(15)11(18(2)17-10)7-20(19)12-5-4-8(14)6-9(12)16/h4-6H,3,7,16H2,1-2H3. The van der Waals surface area contributed by atoms with Crippen LogP contribution in [0.3, 0.4) is 0 Å². The largest absolute Gasteiger partial charge is 0.398 e. The summed E-state index contributed by atoms with van der Waals surface area (Å²) in [6.07, 6.45) is 0.738. The van der Waals surface area contributed by atoms with Crippen molar-refractivity contribution in [3.63, 3.8) is 0 Å². The van der Waals surface area contributed by atoms with Crippen molar-refractivity contribution in [1.82, 2.24) is 9.78 Å². The Hall–Kier alpha value is -1.04. The molecule has 7 heteroatoms. The molecule has 0 spiro atoms. The van der Waals surface area contributed by atoms with E-state index in [-0.39, 0.29) is 5.75 Å². The number of hydrogen-bond donors (Lipinski definition) is 1. The van der Waals surface area contributed by atoms with Crippen molar-refractivity contribution >= 4 is 39.7 Å². The van der Waals surface area contributed by atoms with Crippen molar-refractivity contribution < 1.29 is 4.21 Å². The summed E-state index contributed by atoms with van der Waals surface area (Å²) in [6.45, 7) is 1.98. The molecule has 0 radical (unpaired) electrons. The van der Waals surface area contributed by atoms with Crippen molar-refractivity contribution in [2.75, 3.05) is 5.73 Å². The third-order valence-electron chi connectivity index (χ3n) is 2.99. The SMILES string of the molecule is CCc1nn(C)c(CS(=O)c2ccc(Cl)cc2N)c1Cl. The molecule has 2 rings (SSSR count). The molecule has 108 valence electrons. The summed E-state index contributed by atoms with van der Waals surface area (Å²) in [4.78, 5) is 0.560. The molecule has 2 N–H and O–H groups in total. The second-order valence-electron chi connectivity index (χ2n) is 4.36. The summed E-state index contributed by atoms with van der Waals surface area (Å²) < 4.78 is 14.1. The second-order valence-corrected chi connectivity index (χ2v) is 6.59. The number of nitrogens with two attached hydrogens (primary N) is 1. The molecule has 0 saturated carbocycles. The van der Waals surface area contributed by atoms with Crippen LogP contribution in [0, 0.1) is 0 Å². The van der Waals surface area contributed by atoms with Crippen LogP contribution < -0.4 is 5.73 Å². The normalized spacial score (nSPS) is 12.6. The van der Waals surface area contributed by atoms with Gasteiger partial charge in [-0.25, -0.2) is 0 Å². The van der Waals surface area contributed by atoms with Crippen LogP contribution >= 0.6 is 23.2 Å². The van der Waals surface area contributed by atoms with Crippen LogP contribution in [-0.4, -0.2) is 14.0 Å². The van der Waals surface area contributed by atoms with Gasteiger partial charge in [-0.15, -0.1) is 0 Å². The number of aromatic nitrogens is 2. The van der Waals surface area contributed by atoms with E-state index in [0.717, 1.165) is 17.8 Å². The summed E-state index contributed by atoms with van der Waals surface area (Å²) in [5, 5.41) is 5.41. The first-order valence-corrected chi connectivity index (χ1v) is 8.15. The molecule has 1 aromatic heterocycles. The lowest BCUT2D eigenvalue weighted by Gasteiger charge is -2.07. The molecular formula is C13H15Cl2N3OS. The predicted octanol–water partition coefficient (Wildman–Crippen LogP) is 3.18. The van der Waals surface area contributed by atoms with E-state index in [0.29, 0.717) is 20.6 Å². The molecule has 20 heavy (non-hydrogen) atoms. The Balaban J connectivity index is 2.30. The van der Waals surface area contributed by atoms with Crippen LogP contribution in [0.5, 0.6) is 0 Å². The highest BCUT2D eigenvalue weighted by Gasteiger charge is 2.17. The maximum Gasteiger partial charge on any atom is 0.0859 e. The average molecular weight is 332 g/mol. The van der Waals surface area contributed by atoms with E-state index in [1.807, 2.05) is 6.92 Å². The molecule has 1 unspecified atom stereocenters. The van der Waals surface area contributed by atoms with Gasteiger partial charge in [0.15, 0.2) is 0 Å². The molecule has 0 amide bonds. The van der Waals surface area contributed by atoms with E-state index in [9.17, 15) is 4.21 Å². The first-order chi connectivity index (χ1) is 9.43. The van der Waals surface area contributed by atoms with E-state index in [1.165, 1.54) is 0 Å². The van der Waals surface area contributed by atoms with E-state index in [2.05, 4.69) is 5.10 Å². The minimum atomic E-state index is -1.29. The molecule has 0 fully saturated rings. The highest BCUT2D eigenvalue weighted by molar-refractivity contribution is 7.84. The Morgan fingerprint density at radius 1 is 1.40 bits per heavy atom. The lowest BCUT2D eigenvalue weighted by Crippen LogP contribution is -2.05. The second kappa shape index (κ2) is 6.16. The summed E-state index contributed by atoms with van der Waals surface area (Å²) in [6, 6.07) is 4.95. The zero-order valence-corrected chi connectivity index (χ0v) is 13.5. The summed E-state index contributed by atoms with van der Waals surface area (Å²) in [5.74, 6) is 0.272. The minimum absolute atomic E-state index is 0.272. The van der Waals surface area contributed by atoms with Crippen molar-refractivity contribution in [2.24, 2.45) is 7.05 Å². The van der Waals surface area contributed by atoms with E-state index >= 15 is 0 Å². The van der Waals surface area contributed by atoms with E-state index < -0.39 is 10.8 Å². The maximum absolute atomic E-state index is 12.4. The van der Waals surface area contributed by atoms with Crippen LogP contribution in [0.25, 0.3) is 0 Å². The van der Waals surface area contributed by atoms with Crippen LogP contribution in [-0.2, 0) is 30.0 Å². The predicted molar refractivity (Wildman–Crippen MR) is 83.6 cm³/mol. The van der Waals surface area contributed by atoms with Crippen molar-refractivity contribution in [3.8, 4) is 0 Å². The average Bonchev–Trinajstić information content (AvgIpc) is 2.66. The number of halogens is 2. The quantitative estimate of drug-likeness (QED) is 0.875. The molecule has 1 atom stereocenters. The number of hydrogen-bond acceptors (Lipinski definition) is 3. The van der Waals surface area contributed by atoms with Crippen molar-refractivity contribution in [3.05, 3.63) is 39.6 Å². The third kappa shape index (κ3) is 3.00. The van der Waals surface area contributed by atoms with Gasteiger partial charge in [0, 0.05) is 17.8 Å². The van der Waals surface area contributed by atoms with Gasteiger partial charge in [0.1, 0.15) is 0 Å². The minimum Gasteiger partial charge on any atom is -0.398 e. The Morgan fingerprint density at radius 3 is 2.65 bits per heavy atom. The molecular weight excluding hydrogens is 317 g/mol. The van der Waals surface area contributed by atoms with Gasteiger partial charge in [0.2, 0.25) is 0 Å². The number of anilines is 1. The molecule has 0 aliphatic rings. The van der Waals surface area contributed by atoms with Crippen LogP contribution in [0.1, 0.15) is 18.3 Å². The lowest BCUT2D eigenvalue weighted by molar-refractivity contribution is 0.675. The Labute approximate surface area is 130 Å². The summed E-state index contributed by atoms with van der Waals surface area (Å²) in [5.41, 5.74) is 7.83. The fourth-order valence-corrected chi connectivity index (χ4v) is 3.80. The van der Waals surface area contributed by atoms with Gasteiger partial charge in [0.25, 0.3) is 0 Å². The van der Waals surface area contributed by atoms with Crippen LogP contribution in [0.2, 0.25) is 10.0 Å². The number of nitrogens with zero attached hydrogens (tertiary/aromatic N) is 2. The number of rotatable bonds is 4. The third-order valence-corrected chi connectivity index (χ3v) is 5.06. The topological polar surface area (TPSA) is 60.9 Å². The smallest absolute Gasteiger partial charge is 0.0859 e. The zero-order chi connectivity index (χ0) is 14.9. The fraction of sp³-hybridized carbons (Fsp3) is 0.308. The Morgan fingerprint density at radius 2 is 2.10 bits per heavy atom. The highest BCUT2D eigenvalue weighted by Crippen LogP contribution is 2.26. The molecule has 2 aromatic rings. The first-order valence-electron chi connectivity index (χ1n) is 6.07. The molecule has 1 aromatic carbocycles. The maximum atomic E-state index is 12.4. The van der Waals surface area contributed by atoms with Gasteiger partial charge in [0.05, 0.1) is 37.9 Å². The molecule has 1 heterocycles. The Bertz CT molecular complexity index is 670. The number of nitrogen functional groups attached to an aromatic ring is 1. The number of benzene rings is 1.